The first-order valence-electron chi connectivity index (χ1n) is 7.40. The van der Waals surface area contributed by atoms with Crippen LogP contribution < -0.4 is 10.6 Å². The molecule has 1 aliphatic rings. The monoisotopic (exact) mass is 361 g/mol. The topological polar surface area (TPSA) is 78.5 Å². The quantitative estimate of drug-likeness (QED) is 0.856. The molecule has 1 aromatic carbocycles. The third-order valence-electron chi connectivity index (χ3n) is 3.84. The van der Waals surface area contributed by atoms with Gasteiger partial charge in [0.05, 0.1) is 10.9 Å². The van der Waals surface area contributed by atoms with Gasteiger partial charge in [-0.1, -0.05) is 12.5 Å². The van der Waals surface area contributed by atoms with Crippen molar-refractivity contribution >= 4 is 34.0 Å². The molecule has 2 N–H and O–H groups in total. The number of nitrogens with zero attached hydrogens (tertiary/aromatic N) is 1. The fourth-order valence-corrected chi connectivity index (χ4v) is 3.60. The van der Waals surface area contributed by atoms with Gasteiger partial charge in [-0.3, -0.25) is 4.79 Å². The predicted molar refractivity (Wildman–Crippen MR) is 93.6 cm³/mol. The van der Waals surface area contributed by atoms with Gasteiger partial charge in [-0.2, -0.15) is 0 Å². The minimum Gasteiger partial charge on any atom is -0.325 e. The molecule has 1 aliphatic heterocycles. The Labute approximate surface area is 144 Å². The maximum Gasteiger partial charge on any atom is 0.242 e. The summed E-state index contributed by atoms with van der Waals surface area (Å²) in [7, 11) is -0.540. The van der Waals surface area contributed by atoms with Gasteiger partial charge < -0.3 is 10.6 Å². The lowest BCUT2D eigenvalue weighted by molar-refractivity contribution is -0.118. The molecule has 0 bridgehead atoms. The lowest BCUT2D eigenvalue weighted by Crippen LogP contribution is -2.43. The Morgan fingerprint density at radius 1 is 1.30 bits per heavy atom. The lowest BCUT2D eigenvalue weighted by atomic mass is 10.0. The summed E-state index contributed by atoms with van der Waals surface area (Å²) in [6.45, 7) is 2.58. The summed E-state index contributed by atoms with van der Waals surface area (Å²) >= 11 is 0. The second-order valence-corrected chi connectivity index (χ2v) is 7.88. The van der Waals surface area contributed by atoms with Crippen LogP contribution in [0.5, 0.6) is 0 Å². The summed E-state index contributed by atoms with van der Waals surface area (Å²) in [4.78, 5) is 12.4. The summed E-state index contributed by atoms with van der Waals surface area (Å²) in [5.74, 6) is -0.114. The largest absolute Gasteiger partial charge is 0.325 e. The molecule has 0 aromatic heterocycles. The van der Waals surface area contributed by atoms with E-state index in [1.54, 1.807) is 19.1 Å². The Hall–Kier alpha value is -1.15. The van der Waals surface area contributed by atoms with Crippen molar-refractivity contribution < 1.29 is 13.2 Å². The van der Waals surface area contributed by atoms with E-state index in [2.05, 4.69) is 10.6 Å². The number of rotatable bonds is 4. The van der Waals surface area contributed by atoms with Gasteiger partial charge in [-0.15, -0.1) is 12.4 Å². The number of sulfonamides is 1. The molecule has 1 aromatic rings. The highest BCUT2D eigenvalue weighted by molar-refractivity contribution is 7.89. The van der Waals surface area contributed by atoms with E-state index in [0.29, 0.717) is 11.3 Å². The van der Waals surface area contributed by atoms with E-state index in [9.17, 15) is 13.2 Å². The SMILES string of the molecule is Cc1ccc(NC(=O)C2CCCCN2)cc1S(=O)(=O)N(C)C.Cl. The molecule has 2 rings (SSSR count). The van der Waals surface area contributed by atoms with Crippen molar-refractivity contribution in [1.82, 2.24) is 9.62 Å². The molecule has 1 heterocycles. The van der Waals surface area contributed by atoms with E-state index in [0.717, 1.165) is 25.8 Å². The normalized spacial score (nSPS) is 18.3. The van der Waals surface area contributed by atoms with E-state index >= 15 is 0 Å². The van der Waals surface area contributed by atoms with E-state index < -0.39 is 10.0 Å². The molecular weight excluding hydrogens is 338 g/mol. The van der Waals surface area contributed by atoms with Gasteiger partial charge in [0.25, 0.3) is 0 Å². The van der Waals surface area contributed by atoms with Crippen molar-refractivity contribution in [2.24, 2.45) is 0 Å². The lowest BCUT2D eigenvalue weighted by Gasteiger charge is -2.23. The highest BCUT2D eigenvalue weighted by Gasteiger charge is 2.23. The molecular formula is C15H24ClN3O3S. The number of anilines is 1. The third kappa shape index (κ3) is 4.67. The Balaban J connectivity index is 0.00000264. The number of hydrogen-bond donors (Lipinski definition) is 2. The molecule has 0 radical (unpaired) electrons. The fraction of sp³-hybridized carbons (Fsp3) is 0.533. The number of carbonyl (C=O) groups is 1. The van der Waals surface area contributed by atoms with Gasteiger partial charge in [0.15, 0.2) is 0 Å². The third-order valence-corrected chi connectivity index (χ3v) is 5.80. The van der Waals surface area contributed by atoms with Crippen LogP contribution in [0.4, 0.5) is 5.69 Å². The number of carbonyl (C=O) groups excluding carboxylic acids is 1. The van der Waals surface area contributed by atoms with E-state index in [-0.39, 0.29) is 29.3 Å². The van der Waals surface area contributed by atoms with Crippen LogP contribution in [0.3, 0.4) is 0 Å². The molecule has 1 amide bonds. The number of aryl methyl sites for hydroxylation is 1. The molecule has 1 saturated heterocycles. The Kier molecular flexibility index (Phi) is 7.01. The summed E-state index contributed by atoms with van der Waals surface area (Å²) in [5.41, 5.74) is 1.16. The minimum absolute atomic E-state index is 0. The van der Waals surface area contributed by atoms with Crippen LogP contribution in [-0.2, 0) is 14.8 Å². The van der Waals surface area contributed by atoms with Crippen LogP contribution >= 0.6 is 12.4 Å². The maximum atomic E-state index is 12.3. The number of halogens is 1. The van der Waals surface area contributed by atoms with Crippen molar-refractivity contribution in [2.75, 3.05) is 26.0 Å². The maximum absolute atomic E-state index is 12.3. The van der Waals surface area contributed by atoms with Crippen LogP contribution in [0, 0.1) is 6.92 Å². The zero-order valence-electron chi connectivity index (χ0n) is 13.6. The highest BCUT2D eigenvalue weighted by Crippen LogP contribution is 2.22. The number of amides is 1. The van der Waals surface area contributed by atoms with Crippen molar-refractivity contribution in [2.45, 2.75) is 37.1 Å². The summed E-state index contributed by atoms with van der Waals surface area (Å²) < 4.78 is 25.8. The standard InChI is InChI=1S/C15H23N3O3S.ClH/c1-11-7-8-12(10-14(11)22(20,21)18(2)3)17-15(19)13-6-4-5-9-16-13;/h7-8,10,13,16H,4-6,9H2,1-3H3,(H,17,19);1H. The van der Waals surface area contributed by atoms with Gasteiger partial charge in [0, 0.05) is 19.8 Å². The average Bonchev–Trinajstić information content (AvgIpc) is 2.49. The molecule has 8 heteroatoms. The first-order chi connectivity index (χ1) is 10.3. The second kappa shape index (κ2) is 8.10. The van der Waals surface area contributed by atoms with Gasteiger partial charge in [-0.25, -0.2) is 12.7 Å². The van der Waals surface area contributed by atoms with Gasteiger partial charge >= 0.3 is 0 Å². The fourth-order valence-electron chi connectivity index (χ4n) is 2.46. The zero-order valence-corrected chi connectivity index (χ0v) is 15.3. The summed E-state index contributed by atoms with van der Waals surface area (Å²) in [5, 5.41) is 5.98. The van der Waals surface area contributed by atoms with Gasteiger partial charge in [0.2, 0.25) is 15.9 Å². The molecule has 23 heavy (non-hydrogen) atoms. The van der Waals surface area contributed by atoms with Crippen molar-refractivity contribution in [3.05, 3.63) is 23.8 Å². The Bertz CT molecular complexity index is 656. The van der Waals surface area contributed by atoms with Crippen molar-refractivity contribution in [3.8, 4) is 0 Å². The van der Waals surface area contributed by atoms with E-state index in [1.165, 1.54) is 24.5 Å². The number of piperidine rings is 1. The van der Waals surface area contributed by atoms with Crippen LogP contribution in [0.15, 0.2) is 23.1 Å². The molecule has 1 atom stereocenters. The second-order valence-electron chi connectivity index (χ2n) is 5.76. The molecule has 0 spiro atoms. The molecule has 1 unspecified atom stereocenters. The highest BCUT2D eigenvalue weighted by atomic mass is 35.5. The van der Waals surface area contributed by atoms with Crippen molar-refractivity contribution in [3.63, 3.8) is 0 Å². The van der Waals surface area contributed by atoms with Gasteiger partial charge in [-0.05, 0) is 44.0 Å². The molecule has 6 nitrogen and oxygen atoms in total. The van der Waals surface area contributed by atoms with Crippen LogP contribution in [0.2, 0.25) is 0 Å². The molecule has 1 fully saturated rings. The summed E-state index contributed by atoms with van der Waals surface area (Å²) in [6, 6.07) is 4.75. The summed E-state index contributed by atoms with van der Waals surface area (Å²) in [6.07, 6.45) is 2.92. The van der Waals surface area contributed by atoms with Gasteiger partial charge in [0.1, 0.15) is 0 Å². The first-order valence-corrected chi connectivity index (χ1v) is 8.84. The molecule has 0 saturated carbocycles. The van der Waals surface area contributed by atoms with Crippen LogP contribution in [0.1, 0.15) is 24.8 Å². The predicted octanol–water partition coefficient (Wildman–Crippen LogP) is 1.75. The smallest absolute Gasteiger partial charge is 0.242 e. The molecule has 130 valence electrons. The first kappa shape index (κ1) is 19.9. The average molecular weight is 362 g/mol. The minimum atomic E-state index is -3.52. The van der Waals surface area contributed by atoms with Crippen LogP contribution in [-0.4, -0.2) is 45.3 Å². The Morgan fingerprint density at radius 3 is 2.57 bits per heavy atom. The molecule has 0 aliphatic carbocycles. The number of hydrogen-bond acceptors (Lipinski definition) is 4. The zero-order chi connectivity index (χ0) is 16.3. The van der Waals surface area contributed by atoms with E-state index in [4.69, 9.17) is 0 Å². The number of nitrogens with one attached hydrogen (secondary N) is 2. The van der Waals surface area contributed by atoms with Crippen molar-refractivity contribution in [1.29, 1.82) is 0 Å². The number of benzene rings is 1. The van der Waals surface area contributed by atoms with Crippen LogP contribution in [0.25, 0.3) is 0 Å². The van der Waals surface area contributed by atoms with E-state index in [1.807, 2.05) is 0 Å². The Morgan fingerprint density at radius 2 is 2.00 bits per heavy atom.